The van der Waals surface area contributed by atoms with Crippen LogP contribution in [0.5, 0.6) is 0 Å². The smallest absolute Gasteiger partial charge is 0.323 e. The van der Waals surface area contributed by atoms with Gasteiger partial charge in [-0.1, -0.05) is 31.9 Å². The van der Waals surface area contributed by atoms with Crippen molar-refractivity contribution < 1.29 is 9.53 Å². The first-order valence-electron chi connectivity index (χ1n) is 9.58. The molecule has 136 valence electrons. The number of hydrogen-bond donors (Lipinski definition) is 1. The third-order valence-corrected chi connectivity index (χ3v) is 4.83. The molecule has 1 saturated carbocycles. The van der Waals surface area contributed by atoms with E-state index in [1.54, 1.807) is 0 Å². The van der Waals surface area contributed by atoms with Crippen molar-refractivity contribution in [3.8, 4) is 12.3 Å². The molecule has 0 aromatic heterocycles. The SMILES string of the molecule is C#Cc1ccc(CCNC(CCC(C)C)C(=O)OC2CCCC2)cc1. The molecule has 3 nitrogen and oxygen atoms in total. The Morgan fingerprint density at radius 2 is 1.92 bits per heavy atom. The lowest BCUT2D eigenvalue weighted by atomic mass is 10.0. The van der Waals surface area contributed by atoms with Crippen LogP contribution in [0, 0.1) is 18.3 Å². The number of esters is 1. The van der Waals surface area contributed by atoms with Crippen molar-refractivity contribution in [3.05, 3.63) is 35.4 Å². The Balaban J connectivity index is 1.83. The molecule has 1 fully saturated rings. The highest BCUT2D eigenvalue weighted by Gasteiger charge is 2.25. The largest absolute Gasteiger partial charge is 0.461 e. The monoisotopic (exact) mass is 341 g/mol. The van der Waals surface area contributed by atoms with E-state index in [-0.39, 0.29) is 18.1 Å². The van der Waals surface area contributed by atoms with Gasteiger partial charge in [0.2, 0.25) is 0 Å². The Labute approximate surface area is 152 Å². The minimum Gasteiger partial charge on any atom is -0.461 e. The zero-order valence-corrected chi connectivity index (χ0v) is 15.6. The number of carbonyl (C=O) groups is 1. The summed E-state index contributed by atoms with van der Waals surface area (Å²) >= 11 is 0. The van der Waals surface area contributed by atoms with E-state index in [9.17, 15) is 4.79 Å². The van der Waals surface area contributed by atoms with E-state index in [0.29, 0.717) is 5.92 Å². The molecule has 1 atom stereocenters. The first-order valence-corrected chi connectivity index (χ1v) is 9.58. The normalized spacial score (nSPS) is 15.9. The minimum atomic E-state index is -0.201. The maximum Gasteiger partial charge on any atom is 0.323 e. The topological polar surface area (TPSA) is 38.3 Å². The first kappa shape index (κ1) is 19.5. The molecule has 1 aromatic carbocycles. The molecule has 0 aliphatic heterocycles. The summed E-state index contributed by atoms with van der Waals surface area (Å²) in [5, 5.41) is 3.41. The molecule has 0 spiro atoms. The number of hydrogen-bond acceptors (Lipinski definition) is 3. The number of benzene rings is 1. The van der Waals surface area contributed by atoms with Gasteiger partial charge in [0.25, 0.3) is 0 Å². The van der Waals surface area contributed by atoms with Crippen LogP contribution in [0.1, 0.15) is 63.5 Å². The van der Waals surface area contributed by atoms with Crippen molar-refractivity contribution in [1.82, 2.24) is 5.32 Å². The fraction of sp³-hybridized carbons (Fsp3) is 0.591. The number of nitrogens with one attached hydrogen (secondary N) is 1. The highest BCUT2D eigenvalue weighted by Crippen LogP contribution is 2.22. The number of carbonyl (C=O) groups excluding carboxylic acids is 1. The summed E-state index contributed by atoms with van der Waals surface area (Å²) in [5.41, 5.74) is 2.12. The van der Waals surface area contributed by atoms with Crippen LogP contribution >= 0.6 is 0 Å². The third-order valence-electron chi connectivity index (χ3n) is 4.83. The van der Waals surface area contributed by atoms with Gasteiger partial charge in [0.05, 0.1) is 0 Å². The molecule has 1 unspecified atom stereocenters. The van der Waals surface area contributed by atoms with E-state index < -0.39 is 0 Å². The highest BCUT2D eigenvalue weighted by molar-refractivity contribution is 5.76. The van der Waals surface area contributed by atoms with Crippen LogP contribution in [0.4, 0.5) is 0 Å². The van der Waals surface area contributed by atoms with Gasteiger partial charge in [-0.25, -0.2) is 0 Å². The molecule has 0 bridgehead atoms. The average Bonchev–Trinajstić information content (AvgIpc) is 3.11. The lowest BCUT2D eigenvalue weighted by Gasteiger charge is -2.21. The van der Waals surface area contributed by atoms with E-state index in [4.69, 9.17) is 11.2 Å². The second kappa shape index (κ2) is 10.3. The number of ether oxygens (including phenoxy) is 1. The molecule has 2 rings (SSSR count). The highest BCUT2D eigenvalue weighted by atomic mass is 16.5. The maximum atomic E-state index is 12.5. The maximum absolute atomic E-state index is 12.5. The van der Waals surface area contributed by atoms with Gasteiger partial charge in [0.1, 0.15) is 12.1 Å². The van der Waals surface area contributed by atoms with Gasteiger partial charge < -0.3 is 10.1 Å². The summed E-state index contributed by atoms with van der Waals surface area (Å²) in [5.74, 6) is 3.14. The Kier molecular flexibility index (Phi) is 8.01. The summed E-state index contributed by atoms with van der Waals surface area (Å²) in [6, 6.07) is 7.82. The second-order valence-corrected chi connectivity index (χ2v) is 7.41. The predicted octanol–water partition coefficient (Wildman–Crippen LogP) is 4.09. The quantitative estimate of drug-likeness (QED) is 0.543. The molecule has 1 aliphatic rings. The number of terminal acetylenes is 1. The first-order chi connectivity index (χ1) is 12.1. The van der Waals surface area contributed by atoms with Crippen molar-refractivity contribution in [3.63, 3.8) is 0 Å². The molecule has 0 heterocycles. The standard InChI is InChI=1S/C22H31NO2/c1-4-18-10-12-19(13-11-18)15-16-23-21(14-9-17(2)3)22(24)25-20-7-5-6-8-20/h1,10-13,17,20-21,23H,5-9,14-16H2,2-3H3. The third kappa shape index (κ3) is 6.92. The van der Waals surface area contributed by atoms with E-state index in [0.717, 1.165) is 44.2 Å². The van der Waals surface area contributed by atoms with Crippen LogP contribution in [-0.2, 0) is 16.0 Å². The summed E-state index contributed by atoms with van der Waals surface area (Å²) in [6.45, 7) is 5.14. The van der Waals surface area contributed by atoms with Crippen molar-refractivity contribution in [2.24, 2.45) is 5.92 Å². The Bertz CT molecular complexity index is 565. The van der Waals surface area contributed by atoms with Gasteiger partial charge in [-0.15, -0.1) is 6.42 Å². The molecule has 3 heteroatoms. The number of rotatable bonds is 9. The Morgan fingerprint density at radius 1 is 1.24 bits per heavy atom. The lowest BCUT2D eigenvalue weighted by molar-refractivity contribution is -0.151. The molecule has 25 heavy (non-hydrogen) atoms. The molecule has 0 amide bonds. The molecule has 0 saturated heterocycles. The fourth-order valence-electron chi connectivity index (χ4n) is 3.21. The molecule has 0 radical (unpaired) electrons. The van der Waals surface area contributed by atoms with Crippen LogP contribution in [0.2, 0.25) is 0 Å². The summed E-state index contributed by atoms with van der Waals surface area (Å²) in [4.78, 5) is 12.5. The Morgan fingerprint density at radius 3 is 2.52 bits per heavy atom. The zero-order chi connectivity index (χ0) is 18.1. The molecular formula is C22H31NO2. The van der Waals surface area contributed by atoms with Crippen LogP contribution in [-0.4, -0.2) is 24.7 Å². The van der Waals surface area contributed by atoms with E-state index in [2.05, 4.69) is 37.2 Å². The molecule has 1 aliphatic carbocycles. The van der Waals surface area contributed by atoms with Gasteiger partial charge in [0.15, 0.2) is 0 Å². The van der Waals surface area contributed by atoms with Gasteiger partial charge in [0, 0.05) is 5.56 Å². The second-order valence-electron chi connectivity index (χ2n) is 7.41. The van der Waals surface area contributed by atoms with Crippen LogP contribution < -0.4 is 5.32 Å². The van der Waals surface area contributed by atoms with Gasteiger partial charge in [-0.3, -0.25) is 4.79 Å². The van der Waals surface area contributed by atoms with Crippen molar-refractivity contribution in [2.45, 2.75) is 70.9 Å². The molecule has 1 aromatic rings. The van der Waals surface area contributed by atoms with Crippen LogP contribution in [0.15, 0.2) is 24.3 Å². The fourth-order valence-corrected chi connectivity index (χ4v) is 3.21. The summed E-state index contributed by atoms with van der Waals surface area (Å²) < 4.78 is 5.72. The molecule has 1 N–H and O–H groups in total. The Hall–Kier alpha value is -1.79. The van der Waals surface area contributed by atoms with Gasteiger partial charge in [-0.2, -0.15) is 0 Å². The summed E-state index contributed by atoms with van der Waals surface area (Å²) in [6.07, 6.45) is 12.6. The van der Waals surface area contributed by atoms with Crippen molar-refractivity contribution in [2.75, 3.05) is 6.54 Å². The molecular weight excluding hydrogens is 310 g/mol. The van der Waals surface area contributed by atoms with Gasteiger partial charge in [-0.05, 0) is 75.1 Å². The van der Waals surface area contributed by atoms with Crippen LogP contribution in [0.3, 0.4) is 0 Å². The zero-order valence-electron chi connectivity index (χ0n) is 15.6. The van der Waals surface area contributed by atoms with E-state index in [1.807, 2.05) is 12.1 Å². The van der Waals surface area contributed by atoms with E-state index in [1.165, 1.54) is 18.4 Å². The lowest BCUT2D eigenvalue weighted by Crippen LogP contribution is -2.40. The minimum absolute atomic E-state index is 0.0739. The van der Waals surface area contributed by atoms with Gasteiger partial charge >= 0.3 is 5.97 Å². The van der Waals surface area contributed by atoms with Crippen molar-refractivity contribution in [1.29, 1.82) is 0 Å². The average molecular weight is 341 g/mol. The summed E-state index contributed by atoms with van der Waals surface area (Å²) in [7, 11) is 0. The van der Waals surface area contributed by atoms with E-state index >= 15 is 0 Å². The van der Waals surface area contributed by atoms with Crippen LogP contribution in [0.25, 0.3) is 0 Å². The van der Waals surface area contributed by atoms with Crippen molar-refractivity contribution >= 4 is 5.97 Å². The predicted molar refractivity (Wildman–Crippen MR) is 102 cm³/mol.